The summed E-state index contributed by atoms with van der Waals surface area (Å²) in [7, 11) is 2.25. The maximum absolute atomic E-state index is 3.51. The summed E-state index contributed by atoms with van der Waals surface area (Å²) in [5, 5.41) is 3.51. The minimum atomic E-state index is 0.704. The van der Waals surface area contributed by atoms with Crippen LogP contribution in [0.3, 0.4) is 0 Å². The van der Waals surface area contributed by atoms with Crippen LogP contribution in [0.4, 0.5) is 0 Å². The fraction of sp³-hybridized carbons (Fsp3) is 1.00. The van der Waals surface area contributed by atoms with E-state index in [1.165, 1.54) is 25.8 Å². The summed E-state index contributed by atoms with van der Waals surface area (Å²) in [5.74, 6) is 0.813. The molecular weight excluding hydrogens is 184 g/mol. The van der Waals surface area contributed by atoms with Crippen molar-refractivity contribution in [1.82, 2.24) is 10.2 Å². The maximum Gasteiger partial charge on any atom is 0.0214 e. The third-order valence-corrected chi connectivity index (χ3v) is 2.96. The largest absolute Gasteiger partial charge is 0.315 e. The predicted octanol–water partition coefficient (Wildman–Crippen LogP) is 2.74. The van der Waals surface area contributed by atoms with Gasteiger partial charge in [0.2, 0.25) is 0 Å². The Hall–Kier alpha value is -0.0800. The molecule has 0 fully saturated rings. The van der Waals surface area contributed by atoms with Gasteiger partial charge in [-0.15, -0.1) is 0 Å². The second-order valence-electron chi connectivity index (χ2n) is 4.93. The van der Waals surface area contributed by atoms with Crippen molar-refractivity contribution in [2.24, 2.45) is 5.92 Å². The van der Waals surface area contributed by atoms with E-state index in [9.17, 15) is 0 Å². The van der Waals surface area contributed by atoms with Gasteiger partial charge in [-0.05, 0) is 45.3 Å². The average molecular weight is 214 g/mol. The monoisotopic (exact) mass is 214 g/mol. The van der Waals surface area contributed by atoms with Crippen LogP contribution in [0.1, 0.15) is 47.0 Å². The SMILES string of the molecule is CCCNCC(CC)N(C)CCC(C)C. The van der Waals surface area contributed by atoms with E-state index in [0.29, 0.717) is 6.04 Å². The zero-order valence-electron chi connectivity index (χ0n) is 11.3. The molecule has 92 valence electrons. The van der Waals surface area contributed by atoms with Crippen molar-refractivity contribution in [2.45, 2.75) is 53.0 Å². The highest BCUT2D eigenvalue weighted by Gasteiger charge is 2.11. The first kappa shape index (κ1) is 14.9. The molecule has 2 heteroatoms. The van der Waals surface area contributed by atoms with Gasteiger partial charge in [-0.3, -0.25) is 0 Å². The third-order valence-electron chi connectivity index (χ3n) is 2.96. The molecule has 0 spiro atoms. The Bertz CT molecular complexity index is 134. The van der Waals surface area contributed by atoms with Crippen LogP contribution in [0.5, 0.6) is 0 Å². The molecule has 0 aromatic heterocycles. The van der Waals surface area contributed by atoms with Gasteiger partial charge in [0.15, 0.2) is 0 Å². The van der Waals surface area contributed by atoms with E-state index in [1.54, 1.807) is 0 Å². The fourth-order valence-corrected chi connectivity index (χ4v) is 1.70. The maximum atomic E-state index is 3.51. The summed E-state index contributed by atoms with van der Waals surface area (Å²) in [4.78, 5) is 2.50. The van der Waals surface area contributed by atoms with E-state index < -0.39 is 0 Å². The van der Waals surface area contributed by atoms with Crippen LogP contribution < -0.4 is 5.32 Å². The van der Waals surface area contributed by atoms with E-state index in [2.05, 4.69) is 45.0 Å². The van der Waals surface area contributed by atoms with Crippen LogP contribution in [-0.2, 0) is 0 Å². The van der Waals surface area contributed by atoms with Gasteiger partial charge >= 0.3 is 0 Å². The van der Waals surface area contributed by atoms with E-state index in [-0.39, 0.29) is 0 Å². The van der Waals surface area contributed by atoms with Crippen LogP contribution in [0, 0.1) is 5.92 Å². The lowest BCUT2D eigenvalue weighted by Crippen LogP contribution is -2.40. The molecule has 0 aliphatic carbocycles. The molecule has 0 aliphatic heterocycles. The van der Waals surface area contributed by atoms with Gasteiger partial charge in [-0.25, -0.2) is 0 Å². The lowest BCUT2D eigenvalue weighted by atomic mass is 10.1. The first-order valence-corrected chi connectivity index (χ1v) is 6.52. The Morgan fingerprint density at radius 3 is 2.33 bits per heavy atom. The van der Waals surface area contributed by atoms with Crippen molar-refractivity contribution in [1.29, 1.82) is 0 Å². The summed E-state index contributed by atoms with van der Waals surface area (Å²) >= 11 is 0. The summed E-state index contributed by atoms with van der Waals surface area (Å²) < 4.78 is 0. The van der Waals surface area contributed by atoms with Crippen LogP contribution in [0.15, 0.2) is 0 Å². The van der Waals surface area contributed by atoms with Gasteiger partial charge < -0.3 is 10.2 Å². The van der Waals surface area contributed by atoms with Crippen LogP contribution >= 0.6 is 0 Å². The molecule has 2 nitrogen and oxygen atoms in total. The molecule has 0 saturated heterocycles. The molecule has 0 aromatic rings. The molecule has 0 radical (unpaired) electrons. The van der Waals surface area contributed by atoms with Gasteiger partial charge in [-0.1, -0.05) is 27.7 Å². The van der Waals surface area contributed by atoms with E-state index >= 15 is 0 Å². The normalized spacial score (nSPS) is 13.8. The number of rotatable bonds is 9. The standard InChI is InChI=1S/C13H30N2/c1-6-9-14-11-13(7-2)15(5)10-8-12(3)4/h12-14H,6-11H2,1-5H3. The Kier molecular flexibility index (Phi) is 9.12. The molecule has 0 aliphatic rings. The predicted molar refractivity (Wildman–Crippen MR) is 69.3 cm³/mol. The molecule has 15 heavy (non-hydrogen) atoms. The van der Waals surface area contributed by atoms with E-state index in [0.717, 1.165) is 19.0 Å². The van der Waals surface area contributed by atoms with Crippen molar-refractivity contribution >= 4 is 0 Å². The van der Waals surface area contributed by atoms with Crippen molar-refractivity contribution in [3.63, 3.8) is 0 Å². The van der Waals surface area contributed by atoms with Gasteiger partial charge in [0, 0.05) is 12.6 Å². The number of nitrogens with one attached hydrogen (secondary N) is 1. The highest BCUT2D eigenvalue weighted by atomic mass is 15.1. The Labute approximate surface area is 96.4 Å². The summed E-state index contributed by atoms with van der Waals surface area (Å²) in [6.07, 6.45) is 3.78. The molecule has 0 bridgehead atoms. The number of nitrogens with zero attached hydrogens (tertiary/aromatic N) is 1. The lowest BCUT2D eigenvalue weighted by molar-refractivity contribution is 0.218. The highest BCUT2D eigenvalue weighted by molar-refractivity contribution is 4.70. The molecule has 1 N–H and O–H groups in total. The molecule has 1 atom stereocenters. The molecule has 0 amide bonds. The Morgan fingerprint density at radius 2 is 1.87 bits per heavy atom. The quantitative estimate of drug-likeness (QED) is 0.594. The smallest absolute Gasteiger partial charge is 0.0214 e. The molecule has 0 rings (SSSR count). The number of hydrogen-bond donors (Lipinski definition) is 1. The number of likely N-dealkylation sites (N-methyl/N-ethyl adjacent to an activating group) is 1. The van der Waals surface area contributed by atoms with Gasteiger partial charge in [0.05, 0.1) is 0 Å². The molecule has 1 unspecified atom stereocenters. The van der Waals surface area contributed by atoms with Crippen LogP contribution in [0.2, 0.25) is 0 Å². The topological polar surface area (TPSA) is 15.3 Å². The van der Waals surface area contributed by atoms with Gasteiger partial charge in [0.25, 0.3) is 0 Å². The van der Waals surface area contributed by atoms with E-state index in [1.807, 2.05) is 0 Å². The Balaban J connectivity index is 3.72. The minimum absolute atomic E-state index is 0.704. The molecule has 0 saturated carbocycles. The Morgan fingerprint density at radius 1 is 1.20 bits per heavy atom. The zero-order chi connectivity index (χ0) is 11.7. The van der Waals surface area contributed by atoms with Gasteiger partial charge in [-0.2, -0.15) is 0 Å². The minimum Gasteiger partial charge on any atom is -0.315 e. The molecule has 0 heterocycles. The second-order valence-corrected chi connectivity index (χ2v) is 4.93. The van der Waals surface area contributed by atoms with Crippen LogP contribution in [-0.4, -0.2) is 37.6 Å². The summed E-state index contributed by atoms with van der Waals surface area (Å²) in [6.45, 7) is 12.6. The van der Waals surface area contributed by atoms with Crippen molar-refractivity contribution in [3.8, 4) is 0 Å². The first-order valence-electron chi connectivity index (χ1n) is 6.52. The average Bonchev–Trinajstić information content (AvgIpc) is 2.21. The first-order chi connectivity index (χ1) is 7.11. The third kappa shape index (κ3) is 7.80. The highest BCUT2D eigenvalue weighted by Crippen LogP contribution is 2.05. The molecular formula is C13H30N2. The summed E-state index contributed by atoms with van der Waals surface area (Å²) in [6, 6.07) is 0.704. The van der Waals surface area contributed by atoms with E-state index in [4.69, 9.17) is 0 Å². The summed E-state index contributed by atoms with van der Waals surface area (Å²) in [5.41, 5.74) is 0. The lowest BCUT2D eigenvalue weighted by Gasteiger charge is -2.28. The van der Waals surface area contributed by atoms with Crippen molar-refractivity contribution in [3.05, 3.63) is 0 Å². The van der Waals surface area contributed by atoms with Gasteiger partial charge in [0.1, 0.15) is 0 Å². The fourth-order valence-electron chi connectivity index (χ4n) is 1.70. The van der Waals surface area contributed by atoms with Crippen LogP contribution in [0.25, 0.3) is 0 Å². The molecule has 0 aromatic carbocycles. The zero-order valence-corrected chi connectivity index (χ0v) is 11.3. The second kappa shape index (κ2) is 9.17. The van der Waals surface area contributed by atoms with Crippen molar-refractivity contribution < 1.29 is 0 Å². The number of hydrogen-bond acceptors (Lipinski definition) is 2. The van der Waals surface area contributed by atoms with Crippen molar-refractivity contribution in [2.75, 3.05) is 26.7 Å².